The molecule has 0 aliphatic heterocycles. The molecule has 1 fully saturated rings. The zero-order chi connectivity index (χ0) is 14.5. The third-order valence-corrected chi connectivity index (χ3v) is 3.20. The molecule has 0 radical (unpaired) electrons. The highest BCUT2D eigenvalue weighted by Gasteiger charge is 2.21. The largest absolute Gasteiger partial charge is 0.477 e. The molecule has 0 bridgehead atoms. The minimum absolute atomic E-state index is 0.0723. The Morgan fingerprint density at radius 3 is 2.75 bits per heavy atom. The molecule has 6 heteroatoms. The van der Waals surface area contributed by atoms with E-state index in [0.29, 0.717) is 24.6 Å². The average Bonchev–Trinajstić information content (AvgIpc) is 3.26. The Morgan fingerprint density at radius 2 is 2.20 bits per heavy atom. The Balaban J connectivity index is 1.80. The van der Waals surface area contributed by atoms with Crippen LogP contribution in [0.25, 0.3) is 0 Å². The first-order valence-corrected chi connectivity index (χ1v) is 6.60. The molecule has 0 atom stereocenters. The second-order valence-corrected chi connectivity index (χ2v) is 4.98. The monoisotopic (exact) mass is 278 g/mol. The number of likely N-dealkylation sites (N-methyl/N-ethyl adjacent to an activating group) is 1. The Hall–Kier alpha value is -1.95. The van der Waals surface area contributed by atoms with Crippen LogP contribution in [0.15, 0.2) is 18.3 Å². The molecule has 0 spiro atoms. The number of carboxylic acid groups (broad SMARTS) is 1. The number of carboxylic acids is 1. The lowest BCUT2D eigenvalue weighted by atomic mass is 10.2. The van der Waals surface area contributed by atoms with E-state index in [1.807, 2.05) is 0 Å². The summed E-state index contributed by atoms with van der Waals surface area (Å²) in [6.07, 6.45) is 3.78. The summed E-state index contributed by atoms with van der Waals surface area (Å²) in [5.41, 5.74) is 0.302. The number of hydrogen-bond donors (Lipinski definition) is 1. The number of hydrogen-bond acceptors (Lipinski definition) is 4. The molecule has 0 unspecified atom stereocenters. The van der Waals surface area contributed by atoms with Crippen LogP contribution in [0.5, 0.6) is 0 Å². The molecule has 1 saturated carbocycles. The van der Waals surface area contributed by atoms with Gasteiger partial charge in [0.25, 0.3) is 5.91 Å². The molecule has 1 amide bonds. The molecule has 1 heterocycles. The molecule has 0 aromatic carbocycles. The van der Waals surface area contributed by atoms with Crippen LogP contribution >= 0.6 is 0 Å². The number of pyridine rings is 1. The van der Waals surface area contributed by atoms with Crippen molar-refractivity contribution in [1.82, 2.24) is 9.88 Å². The van der Waals surface area contributed by atoms with E-state index < -0.39 is 5.97 Å². The minimum Gasteiger partial charge on any atom is -0.477 e. The topological polar surface area (TPSA) is 79.7 Å². The number of amides is 1. The van der Waals surface area contributed by atoms with Crippen molar-refractivity contribution < 1.29 is 19.4 Å². The molecule has 2 rings (SSSR count). The van der Waals surface area contributed by atoms with Crippen molar-refractivity contribution in [2.75, 3.05) is 26.8 Å². The lowest BCUT2D eigenvalue weighted by Gasteiger charge is -2.17. The van der Waals surface area contributed by atoms with E-state index in [2.05, 4.69) is 4.98 Å². The molecule has 108 valence electrons. The Bertz CT molecular complexity index is 482. The van der Waals surface area contributed by atoms with Gasteiger partial charge in [-0.05, 0) is 30.9 Å². The fourth-order valence-corrected chi connectivity index (χ4v) is 1.70. The summed E-state index contributed by atoms with van der Waals surface area (Å²) < 4.78 is 5.48. The summed E-state index contributed by atoms with van der Waals surface area (Å²) in [7, 11) is 1.69. The van der Waals surface area contributed by atoms with Crippen molar-refractivity contribution in [2.24, 2.45) is 5.92 Å². The van der Waals surface area contributed by atoms with Crippen LogP contribution in [0.1, 0.15) is 33.7 Å². The van der Waals surface area contributed by atoms with Crippen molar-refractivity contribution in [3.8, 4) is 0 Å². The number of aromatic carboxylic acids is 1. The van der Waals surface area contributed by atoms with Crippen molar-refractivity contribution in [3.63, 3.8) is 0 Å². The second kappa shape index (κ2) is 6.47. The van der Waals surface area contributed by atoms with E-state index in [4.69, 9.17) is 9.84 Å². The van der Waals surface area contributed by atoms with Crippen molar-refractivity contribution in [2.45, 2.75) is 12.8 Å². The molecule has 1 aliphatic carbocycles. The summed E-state index contributed by atoms with van der Waals surface area (Å²) in [5, 5.41) is 8.74. The van der Waals surface area contributed by atoms with Gasteiger partial charge in [0.15, 0.2) is 0 Å². The lowest BCUT2D eigenvalue weighted by Crippen LogP contribution is -2.30. The summed E-state index contributed by atoms with van der Waals surface area (Å²) in [4.78, 5) is 28.0. The fraction of sp³-hybridized carbons (Fsp3) is 0.500. The molecule has 20 heavy (non-hydrogen) atoms. The molecular formula is C14H18N2O4. The summed E-state index contributed by atoms with van der Waals surface area (Å²) in [5.74, 6) is -0.584. The number of ether oxygens (including phenoxy) is 1. The van der Waals surface area contributed by atoms with E-state index in [9.17, 15) is 9.59 Å². The highest BCUT2D eigenvalue weighted by Crippen LogP contribution is 2.28. The van der Waals surface area contributed by atoms with Gasteiger partial charge < -0.3 is 14.7 Å². The van der Waals surface area contributed by atoms with E-state index in [-0.39, 0.29) is 11.6 Å². The maximum atomic E-state index is 12.0. The first-order chi connectivity index (χ1) is 9.58. The van der Waals surface area contributed by atoms with Crippen LogP contribution in [0.3, 0.4) is 0 Å². The van der Waals surface area contributed by atoms with Gasteiger partial charge in [-0.3, -0.25) is 4.79 Å². The van der Waals surface area contributed by atoms with Crippen molar-refractivity contribution >= 4 is 11.9 Å². The van der Waals surface area contributed by atoms with E-state index in [1.54, 1.807) is 11.9 Å². The zero-order valence-electron chi connectivity index (χ0n) is 11.4. The van der Waals surface area contributed by atoms with Gasteiger partial charge in [-0.15, -0.1) is 0 Å². The van der Waals surface area contributed by atoms with Gasteiger partial charge in [0.2, 0.25) is 0 Å². The standard InChI is InChI=1S/C14H18N2O4/c1-16(6-7-20-9-10-2-3-10)13(17)11-4-5-12(14(18)19)15-8-11/h4-5,8,10H,2-3,6-7,9H2,1H3,(H,18,19). The van der Waals surface area contributed by atoms with Crippen molar-refractivity contribution in [3.05, 3.63) is 29.6 Å². The van der Waals surface area contributed by atoms with Gasteiger partial charge in [-0.25, -0.2) is 9.78 Å². The van der Waals surface area contributed by atoms with Crippen LogP contribution < -0.4 is 0 Å². The number of carbonyl (C=O) groups is 2. The predicted molar refractivity (Wildman–Crippen MR) is 71.7 cm³/mol. The molecule has 0 saturated heterocycles. The van der Waals surface area contributed by atoms with E-state index in [1.165, 1.54) is 31.2 Å². The first kappa shape index (κ1) is 14.5. The molecule has 1 aliphatic rings. The van der Waals surface area contributed by atoms with Gasteiger partial charge in [0.05, 0.1) is 12.2 Å². The average molecular weight is 278 g/mol. The molecule has 1 aromatic rings. The van der Waals surface area contributed by atoms with Crippen molar-refractivity contribution in [1.29, 1.82) is 0 Å². The summed E-state index contributed by atoms with van der Waals surface area (Å²) >= 11 is 0. The van der Waals surface area contributed by atoms with Gasteiger partial charge in [0, 0.05) is 26.4 Å². The van der Waals surface area contributed by atoms with Gasteiger partial charge >= 0.3 is 5.97 Å². The SMILES string of the molecule is CN(CCOCC1CC1)C(=O)c1ccc(C(=O)O)nc1. The van der Waals surface area contributed by atoms with E-state index in [0.717, 1.165) is 6.61 Å². The summed E-state index contributed by atoms with van der Waals surface area (Å²) in [6.45, 7) is 1.79. The van der Waals surface area contributed by atoms with Gasteiger partial charge in [0.1, 0.15) is 5.69 Å². The van der Waals surface area contributed by atoms with E-state index >= 15 is 0 Å². The Kier molecular flexibility index (Phi) is 4.68. The van der Waals surface area contributed by atoms with Crippen LogP contribution in [0, 0.1) is 5.92 Å². The molecular weight excluding hydrogens is 260 g/mol. The number of aromatic nitrogens is 1. The summed E-state index contributed by atoms with van der Waals surface area (Å²) in [6, 6.07) is 2.80. The zero-order valence-corrected chi connectivity index (χ0v) is 11.4. The van der Waals surface area contributed by atoms with Gasteiger partial charge in [-0.2, -0.15) is 0 Å². The number of rotatable bonds is 7. The molecule has 1 aromatic heterocycles. The maximum absolute atomic E-state index is 12.0. The Labute approximate surface area is 117 Å². The van der Waals surface area contributed by atoms with Crippen LogP contribution in [-0.4, -0.2) is 53.7 Å². The first-order valence-electron chi connectivity index (χ1n) is 6.60. The van der Waals surface area contributed by atoms with Crippen LogP contribution in [0.2, 0.25) is 0 Å². The second-order valence-electron chi connectivity index (χ2n) is 4.98. The Morgan fingerprint density at radius 1 is 1.45 bits per heavy atom. The maximum Gasteiger partial charge on any atom is 0.354 e. The quantitative estimate of drug-likeness (QED) is 0.760. The van der Waals surface area contributed by atoms with Crippen LogP contribution in [0.4, 0.5) is 0 Å². The minimum atomic E-state index is -1.11. The van der Waals surface area contributed by atoms with Gasteiger partial charge in [-0.1, -0.05) is 0 Å². The fourth-order valence-electron chi connectivity index (χ4n) is 1.70. The number of carbonyl (C=O) groups excluding carboxylic acids is 1. The highest BCUT2D eigenvalue weighted by atomic mass is 16.5. The predicted octanol–water partition coefficient (Wildman–Crippen LogP) is 1.28. The smallest absolute Gasteiger partial charge is 0.354 e. The third kappa shape index (κ3) is 4.03. The lowest BCUT2D eigenvalue weighted by molar-refractivity contribution is 0.0672. The molecule has 1 N–H and O–H groups in total. The highest BCUT2D eigenvalue weighted by molar-refractivity contribution is 5.94. The van der Waals surface area contributed by atoms with Crippen LogP contribution in [-0.2, 0) is 4.74 Å². The normalized spacial score (nSPS) is 14.1. The molecule has 6 nitrogen and oxygen atoms in total. The third-order valence-electron chi connectivity index (χ3n) is 3.20. The number of nitrogens with zero attached hydrogens (tertiary/aromatic N) is 2.